The molecule has 1 aromatic heterocycles. The fourth-order valence-electron chi connectivity index (χ4n) is 2.92. The van der Waals surface area contributed by atoms with Crippen molar-refractivity contribution in [2.45, 2.75) is 23.7 Å². The van der Waals surface area contributed by atoms with Crippen LogP contribution in [0.15, 0.2) is 59.5 Å². The summed E-state index contributed by atoms with van der Waals surface area (Å²) in [5.74, 6) is 0.105. The number of sulfonamides is 1. The number of primary sulfonamides is 1. The first kappa shape index (κ1) is 16.7. The number of carbonyl (C=O) groups excluding carboxylic acids is 1. The number of aromatic nitrogens is 1. The Morgan fingerprint density at radius 2 is 1.85 bits per heavy atom. The molecule has 0 saturated heterocycles. The molecule has 3 N–H and O–H groups in total. The summed E-state index contributed by atoms with van der Waals surface area (Å²) in [6.07, 6.45) is 2.17. The van der Waals surface area contributed by atoms with Gasteiger partial charge in [-0.3, -0.25) is 9.78 Å². The molecule has 2 aromatic carbocycles. The molecule has 3 aromatic rings. The number of nitrogens with one attached hydrogen (secondary N) is 1. The van der Waals surface area contributed by atoms with Gasteiger partial charge < -0.3 is 5.32 Å². The van der Waals surface area contributed by atoms with Crippen molar-refractivity contribution >= 4 is 32.5 Å². The maximum absolute atomic E-state index is 12.9. The first-order valence-corrected chi connectivity index (χ1v) is 9.80. The molecule has 132 valence electrons. The van der Waals surface area contributed by atoms with Crippen molar-refractivity contribution in [2.75, 3.05) is 5.32 Å². The van der Waals surface area contributed by atoms with E-state index in [0.29, 0.717) is 17.2 Å². The Balaban J connectivity index is 1.73. The second-order valence-corrected chi connectivity index (χ2v) is 7.97. The number of rotatable bonds is 4. The third-order valence-corrected chi connectivity index (χ3v) is 5.31. The summed E-state index contributed by atoms with van der Waals surface area (Å²) in [6, 6.07) is 15.2. The van der Waals surface area contributed by atoms with Gasteiger partial charge in [-0.1, -0.05) is 24.3 Å². The smallest absolute Gasteiger partial charge is 0.256 e. The number of fused-ring (bicyclic) bond motifs is 1. The van der Waals surface area contributed by atoms with Crippen molar-refractivity contribution in [3.63, 3.8) is 0 Å². The molecule has 0 bridgehead atoms. The summed E-state index contributed by atoms with van der Waals surface area (Å²) in [4.78, 5) is 17.5. The molecule has 0 radical (unpaired) electrons. The number of anilines is 1. The highest BCUT2D eigenvalue weighted by Gasteiger charge is 2.27. The van der Waals surface area contributed by atoms with Gasteiger partial charge in [0.1, 0.15) is 0 Å². The normalized spacial score (nSPS) is 14.3. The van der Waals surface area contributed by atoms with Crippen LogP contribution in [0.2, 0.25) is 0 Å². The van der Waals surface area contributed by atoms with Gasteiger partial charge in [0, 0.05) is 22.7 Å². The number of benzene rings is 2. The van der Waals surface area contributed by atoms with E-state index in [1.165, 1.54) is 18.2 Å². The standard InChI is InChI=1S/C19H17N3O3S/c20-26(24,25)14-5-3-4-13(10-14)21-19(23)16-11-18(12-8-9-12)22-17-7-2-1-6-15(16)17/h1-7,10-12H,8-9H2,(H,21,23)(H2,20,24,25). The van der Waals surface area contributed by atoms with E-state index in [-0.39, 0.29) is 10.8 Å². The minimum atomic E-state index is -3.83. The number of hydrogen-bond donors (Lipinski definition) is 2. The molecular formula is C19H17N3O3S. The maximum Gasteiger partial charge on any atom is 0.256 e. The molecule has 1 aliphatic rings. The van der Waals surface area contributed by atoms with Gasteiger partial charge in [0.15, 0.2) is 0 Å². The van der Waals surface area contributed by atoms with Crippen LogP contribution in [0.3, 0.4) is 0 Å². The van der Waals surface area contributed by atoms with E-state index < -0.39 is 10.0 Å². The van der Waals surface area contributed by atoms with E-state index in [1.54, 1.807) is 6.07 Å². The van der Waals surface area contributed by atoms with Gasteiger partial charge in [-0.25, -0.2) is 13.6 Å². The number of nitrogens with zero attached hydrogens (tertiary/aromatic N) is 1. The van der Waals surface area contributed by atoms with Crippen LogP contribution in [-0.4, -0.2) is 19.3 Å². The topological polar surface area (TPSA) is 102 Å². The highest BCUT2D eigenvalue weighted by Crippen LogP contribution is 2.40. The number of amides is 1. The maximum atomic E-state index is 12.9. The van der Waals surface area contributed by atoms with Crippen molar-refractivity contribution < 1.29 is 13.2 Å². The third-order valence-electron chi connectivity index (χ3n) is 4.40. The first-order chi connectivity index (χ1) is 12.4. The van der Waals surface area contributed by atoms with Crippen LogP contribution in [0.4, 0.5) is 5.69 Å². The van der Waals surface area contributed by atoms with Gasteiger partial charge in [-0.05, 0) is 43.2 Å². The van der Waals surface area contributed by atoms with Crippen LogP contribution in [-0.2, 0) is 10.0 Å². The molecule has 0 atom stereocenters. The zero-order valence-electron chi connectivity index (χ0n) is 13.8. The Morgan fingerprint density at radius 3 is 2.58 bits per heavy atom. The molecular weight excluding hydrogens is 350 g/mol. The first-order valence-electron chi connectivity index (χ1n) is 8.26. The largest absolute Gasteiger partial charge is 0.322 e. The molecule has 6 nitrogen and oxygen atoms in total. The summed E-state index contributed by atoms with van der Waals surface area (Å²) >= 11 is 0. The molecule has 1 aliphatic carbocycles. The van der Waals surface area contributed by atoms with Gasteiger partial charge in [0.25, 0.3) is 5.91 Å². The van der Waals surface area contributed by atoms with E-state index in [2.05, 4.69) is 10.3 Å². The van der Waals surface area contributed by atoms with Crippen LogP contribution in [0, 0.1) is 0 Å². The summed E-state index contributed by atoms with van der Waals surface area (Å²) in [7, 11) is -3.83. The Kier molecular flexibility index (Phi) is 3.97. The van der Waals surface area contributed by atoms with E-state index in [4.69, 9.17) is 5.14 Å². The van der Waals surface area contributed by atoms with Crippen LogP contribution in [0.25, 0.3) is 10.9 Å². The average molecular weight is 367 g/mol. The third kappa shape index (κ3) is 3.31. The Labute approximate surface area is 151 Å². The van der Waals surface area contributed by atoms with Crippen LogP contribution < -0.4 is 10.5 Å². The predicted molar refractivity (Wildman–Crippen MR) is 99.5 cm³/mol. The van der Waals surface area contributed by atoms with Gasteiger partial charge in [0.05, 0.1) is 16.0 Å². The van der Waals surface area contributed by atoms with Gasteiger partial charge in [-0.15, -0.1) is 0 Å². The lowest BCUT2D eigenvalue weighted by Gasteiger charge is -2.11. The molecule has 1 heterocycles. The van der Waals surface area contributed by atoms with Crippen molar-refractivity contribution in [1.82, 2.24) is 4.98 Å². The minimum Gasteiger partial charge on any atom is -0.322 e. The Hall–Kier alpha value is -2.77. The van der Waals surface area contributed by atoms with Crippen LogP contribution in [0.5, 0.6) is 0 Å². The van der Waals surface area contributed by atoms with Crippen molar-refractivity contribution in [3.05, 3.63) is 65.9 Å². The second-order valence-electron chi connectivity index (χ2n) is 6.41. The minimum absolute atomic E-state index is 0.0476. The molecule has 1 amide bonds. The Morgan fingerprint density at radius 1 is 1.08 bits per heavy atom. The number of para-hydroxylation sites is 1. The second kappa shape index (κ2) is 6.19. The summed E-state index contributed by atoms with van der Waals surface area (Å²) in [5.41, 5.74) is 2.60. The predicted octanol–water partition coefficient (Wildman–Crippen LogP) is 3.01. The lowest BCUT2D eigenvalue weighted by Crippen LogP contribution is -2.15. The van der Waals surface area contributed by atoms with E-state index in [1.807, 2.05) is 30.3 Å². The molecule has 7 heteroatoms. The van der Waals surface area contributed by atoms with E-state index in [9.17, 15) is 13.2 Å². The van der Waals surface area contributed by atoms with Crippen LogP contribution in [0.1, 0.15) is 34.8 Å². The van der Waals surface area contributed by atoms with Gasteiger partial charge in [0.2, 0.25) is 10.0 Å². The van der Waals surface area contributed by atoms with E-state index in [0.717, 1.165) is 29.4 Å². The monoisotopic (exact) mass is 367 g/mol. The number of nitrogens with two attached hydrogens (primary N) is 1. The molecule has 0 spiro atoms. The highest BCUT2D eigenvalue weighted by molar-refractivity contribution is 7.89. The SMILES string of the molecule is NS(=O)(=O)c1cccc(NC(=O)c2cc(C3CC3)nc3ccccc23)c1. The molecule has 4 rings (SSSR count). The zero-order valence-corrected chi connectivity index (χ0v) is 14.7. The summed E-state index contributed by atoms with van der Waals surface area (Å²) in [6.45, 7) is 0. The molecule has 26 heavy (non-hydrogen) atoms. The average Bonchev–Trinajstić information content (AvgIpc) is 3.45. The van der Waals surface area contributed by atoms with Gasteiger partial charge in [-0.2, -0.15) is 0 Å². The zero-order chi connectivity index (χ0) is 18.3. The highest BCUT2D eigenvalue weighted by atomic mass is 32.2. The molecule has 0 unspecified atom stereocenters. The van der Waals surface area contributed by atoms with Crippen LogP contribution >= 0.6 is 0 Å². The van der Waals surface area contributed by atoms with E-state index >= 15 is 0 Å². The Bertz CT molecular complexity index is 1120. The number of hydrogen-bond acceptors (Lipinski definition) is 4. The molecule has 1 fully saturated rings. The lowest BCUT2D eigenvalue weighted by atomic mass is 10.1. The van der Waals surface area contributed by atoms with Crippen molar-refractivity contribution in [2.24, 2.45) is 5.14 Å². The summed E-state index contributed by atoms with van der Waals surface area (Å²) < 4.78 is 23.0. The quantitative estimate of drug-likeness (QED) is 0.740. The van der Waals surface area contributed by atoms with Gasteiger partial charge >= 0.3 is 0 Å². The summed E-state index contributed by atoms with van der Waals surface area (Å²) in [5, 5.41) is 8.68. The molecule has 0 aliphatic heterocycles. The molecule has 1 saturated carbocycles. The van der Waals surface area contributed by atoms with Crippen molar-refractivity contribution in [1.29, 1.82) is 0 Å². The number of carbonyl (C=O) groups is 1. The fraction of sp³-hybridized carbons (Fsp3) is 0.158. The van der Waals surface area contributed by atoms with Crippen molar-refractivity contribution in [3.8, 4) is 0 Å². The lowest BCUT2D eigenvalue weighted by molar-refractivity contribution is 0.102. The fourth-order valence-corrected chi connectivity index (χ4v) is 3.48. The number of pyridine rings is 1.